The monoisotopic (exact) mass is 531 g/mol. The van der Waals surface area contributed by atoms with Gasteiger partial charge in [0.05, 0.1) is 11.1 Å². The Labute approximate surface area is 216 Å². The third-order valence-corrected chi connectivity index (χ3v) is 6.31. The molecule has 0 aromatic rings. The zero-order valence-corrected chi connectivity index (χ0v) is 22.2. The Morgan fingerprint density at radius 2 is 1.12 bits per heavy atom. The van der Waals surface area contributed by atoms with Gasteiger partial charge in [0.25, 0.3) is 0 Å². The molecular weight excluding hydrogens is 484 g/mol. The second kappa shape index (κ2) is 15.5. The van der Waals surface area contributed by atoms with Gasteiger partial charge in [-0.25, -0.2) is 0 Å². The van der Waals surface area contributed by atoms with E-state index >= 15 is 0 Å². The first-order chi connectivity index (χ1) is 15.6. The van der Waals surface area contributed by atoms with E-state index in [2.05, 4.69) is 37.2 Å². The molecule has 2 bridgehead atoms. The summed E-state index contributed by atoms with van der Waals surface area (Å²) >= 11 is 0. The molecule has 3 saturated heterocycles. The van der Waals surface area contributed by atoms with Crippen molar-refractivity contribution in [3.63, 3.8) is 0 Å². The van der Waals surface area contributed by atoms with Gasteiger partial charge in [-0.05, 0) is 6.42 Å². The molecule has 0 spiro atoms. The van der Waals surface area contributed by atoms with E-state index in [0.29, 0.717) is 38.9 Å². The summed E-state index contributed by atoms with van der Waals surface area (Å²) in [5.74, 6) is 0.190. The predicted molar refractivity (Wildman–Crippen MR) is 133 cm³/mol. The van der Waals surface area contributed by atoms with E-state index in [9.17, 15) is 9.59 Å². The van der Waals surface area contributed by atoms with Crippen LogP contribution in [0.5, 0.6) is 0 Å². The van der Waals surface area contributed by atoms with Crippen LogP contribution in [0.4, 0.5) is 0 Å². The third-order valence-electron chi connectivity index (χ3n) is 6.31. The number of hydrogen-bond acceptors (Lipinski definition) is 9. The van der Waals surface area contributed by atoms with Crippen LogP contribution in [0.15, 0.2) is 0 Å². The standard InChI is InChI=1S/C23H48N8O2.Cu/c1-21(2,3)19(32)5-4-6-20(33)31-23-16-28-10-7-25-13-22(24,14-26-8-11-29-17-23)15-27-9-12-30-18-23;/h25-30H,4-18,24H2,1-3H3,(H,31,33);/q;+2. The van der Waals surface area contributed by atoms with Crippen molar-refractivity contribution in [3.8, 4) is 0 Å². The van der Waals surface area contributed by atoms with Gasteiger partial charge in [0.2, 0.25) is 5.91 Å². The van der Waals surface area contributed by atoms with Crippen LogP contribution < -0.4 is 43.0 Å². The van der Waals surface area contributed by atoms with Crippen LogP contribution in [0, 0.1) is 5.41 Å². The van der Waals surface area contributed by atoms with Gasteiger partial charge in [0.1, 0.15) is 5.78 Å². The summed E-state index contributed by atoms with van der Waals surface area (Å²) in [6.07, 6.45) is 1.36. The first-order valence-corrected chi connectivity index (χ1v) is 12.5. The maximum absolute atomic E-state index is 12.9. The Balaban J connectivity index is 0.00000578. The van der Waals surface area contributed by atoms with Gasteiger partial charge in [0, 0.05) is 96.8 Å². The second-order valence-electron chi connectivity index (χ2n) is 10.8. The molecule has 1 amide bonds. The molecule has 34 heavy (non-hydrogen) atoms. The molecule has 0 unspecified atom stereocenters. The van der Waals surface area contributed by atoms with E-state index in [4.69, 9.17) is 5.73 Å². The Morgan fingerprint density at radius 3 is 1.50 bits per heavy atom. The minimum Gasteiger partial charge on any atom is -0.347 e. The minimum absolute atomic E-state index is 0. The van der Waals surface area contributed by atoms with E-state index in [1.165, 1.54) is 0 Å². The molecule has 0 saturated carbocycles. The fourth-order valence-electron chi connectivity index (χ4n) is 4.18. The molecule has 0 aromatic carbocycles. The van der Waals surface area contributed by atoms with Gasteiger partial charge in [-0.1, -0.05) is 20.8 Å². The van der Waals surface area contributed by atoms with Crippen LogP contribution in [-0.2, 0) is 26.7 Å². The van der Waals surface area contributed by atoms with Gasteiger partial charge in [-0.3, -0.25) is 9.59 Å². The second-order valence-corrected chi connectivity index (χ2v) is 10.8. The van der Waals surface area contributed by atoms with E-state index in [1.54, 1.807) is 0 Å². The number of ketones is 1. The van der Waals surface area contributed by atoms with Gasteiger partial charge in [0.15, 0.2) is 0 Å². The van der Waals surface area contributed by atoms with Crippen LogP contribution in [0.25, 0.3) is 0 Å². The Kier molecular flexibility index (Phi) is 14.3. The zero-order valence-electron chi connectivity index (χ0n) is 21.3. The van der Waals surface area contributed by atoms with Crippen LogP contribution in [0.3, 0.4) is 0 Å². The first kappa shape index (κ1) is 31.4. The molecular formula is C23H48CuN8O2+2. The molecule has 11 heteroatoms. The summed E-state index contributed by atoms with van der Waals surface area (Å²) in [7, 11) is 0. The zero-order chi connectivity index (χ0) is 24.2. The number of carbonyl (C=O) groups excluding carboxylic acids is 2. The van der Waals surface area contributed by atoms with E-state index in [1.807, 2.05) is 20.8 Å². The molecule has 3 heterocycles. The largest absolute Gasteiger partial charge is 2.00 e. The molecule has 0 aliphatic carbocycles. The van der Waals surface area contributed by atoms with E-state index < -0.39 is 5.54 Å². The van der Waals surface area contributed by atoms with Crippen LogP contribution in [0.1, 0.15) is 40.0 Å². The van der Waals surface area contributed by atoms with E-state index in [0.717, 1.165) is 58.9 Å². The van der Waals surface area contributed by atoms with Gasteiger partial charge in [-0.2, -0.15) is 0 Å². The third kappa shape index (κ3) is 11.9. The van der Waals surface area contributed by atoms with Gasteiger partial charge < -0.3 is 43.0 Å². The average molecular weight is 532 g/mol. The molecule has 3 aliphatic rings. The number of Topliss-reactive ketones (excluding diaryl/α,β-unsaturated/α-hetero) is 1. The number of carbonyl (C=O) groups is 2. The van der Waals surface area contributed by atoms with Crippen molar-refractivity contribution in [1.29, 1.82) is 0 Å². The number of nitrogens with one attached hydrogen (secondary N) is 7. The van der Waals surface area contributed by atoms with E-state index in [-0.39, 0.29) is 39.7 Å². The van der Waals surface area contributed by atoms with Crippen molar-refractivity contribution in [2.45, 2.75) is 51.1 Å². The SMILES string of the molecule is CC(C)(C)C(=O)CCCC(=O)NC12CNCCNCC(N)(CNCCNC1)CNCCNC2.[Cu+2]. The molecule has 3 aliphatic heterocycles. The minimum atomic E-state index is -0.461. The summed E-state index contributed by atoms with van der Waals surface area (Å²) in [4.78, 5) is 25.1. The molecule has 201 valence electrons. The van der Waals surface area contributed by atoms with Crippen molar-refractivity contribution in [1.82, 2.24) is 37.2 Å². The topological polar surface area (TPSA) is 144 Å². The predicted octanol–water partition coefficient (Wildman–Crippen LogP) is -2.11. The molecule has 1 radical (unpaired) electrons. The Hall–Kier alpha value is -0.621. The average Bonchev–Trinajstić information content (AvgIpc) is 2.74. The van der Waals surface area contributed by atoms with Crippen molar-refractivity contribution in [3.05, 3.63) is 0 Å². The molecule has 3 fully saturated rings. The van der Waals surface area contributed by atoms with Crippen molar-refractivity contribution >= 4 is 11.7 Å². The normalized spacial score (nSPS) is 28.2. The first-order valence-electron chi connectivity index (χ1n) is 12.5. The summed E-state index contributed by atoms with van der Waals surface area (Å²) < 4.78 is 0. The number of rotatable bonds is 5. The summed E-state index contributed by atoms with van der Waals surface area (Å²) in [5.41, 5.74) is 5.48. The number of amides is 1. The summed E-state index contributed by atoms with van der Waals surface area (Å²) in [6.45, 7) is 14.7. The van der Waals surface area contributed by atoms with Crippen LogP contribution in [0.2, 0.25) is 0 Å². The van der Waals surface area contributed by atoms with Crippen LogP contribution in [-0.4, -0.2) is 101 Å². The smallest absolute Gasteiger partial charge is 0.347 e. The molecule has 9 N–H and O–H groups in total. The Morgan fingerprint density at radius 1 is 0.735 bits per heavy atom. The summed E-state index contributed by atoms with van der Waals surface area (Å²) in [5, 5.41) is 24.3. The molecule has 0 aromatic heterocycles. The fourth-order valence-corrected chi connectivity index (χ4v) is 4.18. The van der Waals surface area contributed by atoms with Crippen molar-refractivity contribution in [2.24, 2.45) is 11.1 Å². The van der Waals surface area contributed by atoms with Gasteiger partial charge >= 0.3 is 17.1 Å². The molecule has 3 rings (SSSR count). The van der Waals surface area contributed by atoms with Gasteiger partial charge in [-0.15, -0.1) is 0 Å². The quantitative estimate of drug-likeness (QED) is 0.187. The van der Waals surface area contributed by atoms with Crippen molar-refractivity contribution < 1.29 is 26.7 Å². The molecule has 10 nitrogen and oxygen atoms in total. The van der Waals surface area contributed by atoms with Crippen molar-refractivity contribution in [2.75, 3.05) is 78.5 Å². The number of nitrogens with two attached hydrogens (primary N) is 1. The molecule has 0 atom stereocenters. The number of hydrogen-bond donors (Lipinski definition) is 8. The summed E-state index contributed by atoms with van der Waals surface area (Å²) in [6, 6.07) is 0. The maximum atomic E-state index is 12.9. The fraction of sp³-hybridized carbons (Fsp3) is 0.913. The Bertz CT molecular complexity index is 571. The number of fused-ring (bicyclic) bond motifs is 15. The maximum Gasteiger partial charge on any atom is 2.00 e. The van der Waals surface area contributed by atoms with Crippen LogP contribution >= 0.6 is 0 Å².